The number of piperazine rings is 1. The first kappa shape index (κ1) is 17.9. The van der Waals surface area contributed by atoms with Crippen LogP contribution >= 0.6 is 0 Å². The molecule has 1 N–H and O–H groups in total. The monoisotopic (exact) mass is 283 g/mol. The Labute approximate surface area is 127 Å². The Morgan fingerprint density at radius 2 is 1.90 bits per heavy atom. The van der Waals surface area contributed by atoms with Crippen molar-refractivity contribution in [1.29, 1.82) is 0 Å². The highest BCUT2D eigenvalue weighted by Gasteiger charge is 2.29. The minimum atomic E-state index is 0.429. The van der Waals surface area contributed by atoms with Crippen LogP contribution < -0.4 is 5.32 Å². The molecule has 1 saturated heterocycles. The molecule has 0 spiro atoms. The molecule has 1 aliphatic heterocycles. The van der Waals surface area contributed by atoms with Crippen LogP contribution in [0.1, 0.15) is 53.9 Å². The molecule has 2 atom stereocenters. The summed E-state index contributed by atoms with van der Waals surface area (Å²) in [5, 5.41) is 3.64. The lowest BCUT2D eigenvalue weighted by Gasteiger charge is -2.43. The maximum atomic E-state index is 3.64. The van der Waals surface area contributed by atoms with E-state index in [0.717, 1.165) is 13.1 Å². The molecule has 0 aromatic heterocycles. The molecule has 0 radical (unpaired) electrons. The van der Waals surface area contributed by atoms with Gasteiger partial charge in [-0.2, -0.15) is 0 Å². The summed E-state index contributed by atoms with van der Waals surface area (Å²) in [7, 11) is 0. The Morgan fingerprint density at radius 1 is 1.15 bits per heavy atom. The molecule has 20 heavy (non-hydrogen) atoms. The van der Waals surface area contributed by atoms with Gasteiger partial charge in [-0.3, -0.25) is 9.80 Å². The van der Waals surface area contributed by atoms with Gasteiger partial charge in [0, 0.05) is 38.8 Å². The molecule has 1 heterocycles. The van der Waals surface area contributed by atoms with Crippen LogP contribution in [0.15, 0.2) is 0 Å². The average Bonchev–Trinajstić information content (AvgIpc) is 2.39. The maximum absolute atomic E-state index is 3.64. The van der Waals surface area contributed by atoms with Crippen molar-refractivity contribution >= 4 is 0 Å². The van der Waals surface area contributed by atoms with Gasteiger partial charge >= 0.3 is 0 Å². The molecule has 2 unspecified atom stereocenters. The van der Waals surface area contributed by atoms with Crippen molar-refractivity contribution in [1.82, 2.24) is 15.1 Å². The third-order valence-electron chi connectivity index (χ3n) is 4.69. The SMILES string of the molecule is CCCNCC(C)(CCC)CN1CCN(CC)C(C)C1. The van der Waals surface area contributed by atoms with Crippen molar-refractivity contribution in [3.05, 3.63) is 0 Å². The Kier molecular flexibility index (Phi) is 8.08. The smallest absolute Gasteiger partial charge is 0.0195 e. The maximum Gasteiger partial charge on any atom is 0.0195 e. The lowest BCUT2D eigenvalue weighted by atomic mass is 9.84. The van der Waals surface area contributed by atoms with E-state index < -0.39 is 0 Å². The van der Waals surface area contributed by atoms with E-state index in [4.69, 9.17) is 0 Å². The van der Waals surface area contributed by atoms with Crippen LogP contribution in [-0.4, -0.2) is 61.7 Å². The van der Waals surface area contributed by atoms with Gasteiger partial charge in [-0.05, 0) is 38.3 Å². The van der Waals surface area contributed by atoms with Gasteiger partial charge in [0.05, 0.1) is 0 Å². The second-order valence-electron chi connectivity index (χ2n) is 6.95. The fourth-order valence-corrected chi connectivity index (χ4v) is 3.62. The summed E-state index contributed by atoms with van der Waals surface area (Å²) >= 11 is 0. The zero-order chi connectivity index (χ0) is 15.0. The molecular weight excluding hydrogens is 246 g/mol. The van der Waals surface area contributed by atoms with Gasteiger partial charge in [-0.25, -0.2) is 0 Å². The van der Waals surface area contributed by atoms with E-state index in [1.165, 1.54) is 52.0 Å². The van der Waals surface area contributed by atoms with Crippen molar-refractivity contribution < 1.29 is 0 Å². The predicted octanol–water partition coefficient (Wildman–Crippen LogP) is 2.82. The first-order chi connectivity index (χ1) is 9.54. The molecular formula is C17H37N3. The molecule has 1 fully saturated rings. The second kappa shape index (κ2) is 9.01. The van der Waals surface area contributed by atoms with E-state index in [2.05, 4.69) is 49.7 Å². The Balaban J connectivity index is 2.48. The standard InChI is InChI=1S/C17H37N3/c1-6-9-17(5,14-18-10-7-2)15-19-11-12-20(8-3)16(4)13-19/h16,18H,6-15H2,1-5H3. The Bertz CT molecular complexity index is 257. The van der Waals surface area contributed by atoms with Crippen molar-refractivity contribution in [2.45, 2.75) is 59.9 Å². The molecule has 0 saturated carbocycles. The molecule has 1 rings (SSSR count). The van der Waals surface area contributed by atoms with E-state index >= 15 is 0 Å². The summed E-state index contributed by atoms with van der Waals surface area (Å²) in [5.74, 6) is 0. The van der Waals surface area contributed by atoms with Crippen LogP contribution in [0.4, 0.5) is 0 Å². The van der Waals surface area contributed by atoms with Crippen LogP contribution in [-0.2, 0) is 0 Å². The molecule has 0 bridgehead atoms. The molecule has 0 aromatic rings. The molecule has 0 amide bonds. The topological polar surface area (TPSA) is 18.5 Å². The minimum Gasteiger partial charge on any atom is -0.316 e. The van der Waals surface area contributed by atoms with Crippen molar-refractivity contribution in [3.8, 4) is 0 Å². The van der Waals surface area contributed by atoms with Gasteiger partial charge in [0.25, 0.3) is 0 Å². The zero-order valence-electron chi connectivity index (χ0n) is 14.5. The molecule has 3 heteroatoms. The first-order valence-electron chi connectivity index (χ1n) is 8.71. The summed E-state index contributed by atoms with van der Waals surface area (Å²) in [4.78, 5) is 5.29. The fraction of sp³-hybridized carbons (Fsp3) is 1.00. The third-order valence-corrected chi connectivity index (χ3v) is 4.69. The first-order valence-corrected chi connectivity index (χ1v) is 8.71. The summed E-state index contributed by atoms with van der Waals surface area (Å²) in [6.45, 7) is 20.2. The summed E-state index contributed by atoms with van der Waals surface area (Å²) in [5.41, 5.74) is 0.429. The average molecular weight is 284 g/mol. The van der Waals surface area contributed by atoms with E-state index in [1.807, 2.05) is 0 Å². The number of rotatable bonds is 9. The summed E-state index contributed by atoms with van der Waals surface area (Å²) in [6, 6.07) is 0.711. The van der Waals surface area contributed by atoms with E-state index in [0.29, 0.717) is 11.5 Å². The summed E-state index contributed by atoms with van der Waals surface area (Å²) < 4.78 is 0. The Morgan fingerprint density at radius 3 is 2.45 bits per heavy atom. The number of hydrogen-bond donors (Lipinski definition) is 1. The lowest BCUT2D eigenvalue weighted by Crippen LogP contribution is -2.54. The normalized spacial score (nSPS) is 24.8. The van der Waals surface area contributed by atoms with Crippen molar-refractivity contribution in [2.75, 3.05) is 45.8 Å². The fourth-order valence-electron chi connectivity index (χ4n) is 3.62. The molecule has 0 aromatic carbocycles. The van der Waals surface area contributed by atoms with Gasteiger partial charge < -0.3 is 5.32 Å². The van der Waals surface area contributed by atoms with Gasteiger partial charge in [0.15, 0.2) is 0 Å². The highest BCUT2D eigenvalue weighted by molar-refractivity contribution is 4.85. The Hall–Kier alpha value is -0.120. The van der Waals surface area contributed by atoms with Crippen LogP contribution in [0.5, 0.6) is 0 Å². The molecule has 3 nitrogen and oxygen atoms in total. The van der Waals surface area contributed by atoms with Crippen LogP contribution in [0.2, 0.25) is 0 Å². The number of likely N-dealkylation sites (N-methyl/N-ethyl adjacent to an activating group) is 1. The van der Waals surface area contributed by atoms with E-state index in [1.54, 1.807) is 0 Å². The molecule has 1 aliphatic rings. The molecule has 0 aliphatic carbocycles. The predicted molar refractivity (Wildman–Crippen MR) is 89.3 cm³/mol. The number of nitrogens with one attached hydrogen (secondary N) is 1. The van der Waals surface area contributed by atoms with Gasteiger partial charge in [-0.1, -0.05) is 34.1 Å². The summed E-state index contributed by atoms with van der Waals surface area (Å²) in [6.07, 6.45) is 3.84. The quantitative estimate of drug-likeness (QED) is 0.657. The van der Waals surface area contributed by atoms with Gasteiger partial charge in [0.1, 0.15) is 0 Å². The van der Waals surface area contributed by atoms with Crippen LogP contribution in [0, 0.1) is 5.41 Å². The zero-order valence-corrected chi connectivity index (χ0v) is 14.5. The third kappa shape index (κ3) is 5.71. The van der Waals surface area contributed by atoms with E-state index in [9.17, 15) is 0 Å². The van der Waals surface area contributed by atoms with Crippen molar-refractivity contribution in [2.24, 2.45) is 5.41 Å². The highest BCUT2D eigenvalue weighted by atomic mass is 15.3. The number of nitrogens with zero attached hydrogens (tertiary/aromatic N) is 2. The van der Waals surface area contributed by atoms with Crippen molar-refractivity contribution in [3.63, 3.8) is 0 Å². The highest BCUT2D eigenvalue weighted by Crippen LogP contribution is 2.25. The van der Waals surface area contributed by atoms with Gasteiger partial charge in [-0.15, -0.1) is 0 Å². The van der Waals surface area contributed by atoms with Crippen LogP contribution in [0.25, 0.3) is 0 Å². The second-order valence-corrected chi connectivity index (χ2v) is 6.95. The largest absolute Gasteiger partial charge is 0.316 e. The van der Waals surface area contributed by atoms with E-state index in [-0.39, 0.29) is 0 Å². The van der Waals surface area contributed by atoms with Crippen LogP contribution in [0.3, 0.4) is 0 Å². The van der Waals surface area contributed by atoms with Gasteiger partial charge in [0.2, 0.25) is 0 Å². The minimum absolute atomic E-state index is 0.429. The number of hydrogen-bond acceptors (Lipinski definition) is 3. The molecule has 120 valence electrons. The lowest BCUT2D eigenvalue weighted by molar-refractivity contribution is 0.0550.